The monoisotopic (exact) mass is 257 g/mol. The Hall–Kier alpha value is -1.87. The number of nitrogens with two attached hydrogens (primary N) is 1. The van der Waals surface area contributed by atoms with Crippen LogP contribution < -0.4 is 10.5 Å². The summed E-state index contributed by atoms with van der Waals surface area (Å²) in [6, 6.07) is 12.6. The minimum Gasteiger partial charge on any atom is -0.488 e. The van der Waals surface area contributed by atoms with Crippen LogP contribution >= 0.6 is 0 Å². The molecule has 2 nitrogen and oxygen atoms in total. The first kappa shape index (κ1) is 12.2. The molecule has 0 aromatic heterocycles. The van der Waals surface area contributed by atoms with E-state index >= 15 is 0 Å². The highest BCUT2D eigenvalue weighted by atomic mass is 19.1. The van der Waals surface area contributed by atoms with Gasteiger partial charge in [0, 0.05) is 6.42 Å². The van der Waals surface area contributed by atoms with Crippen molar-refractivity contribution in [1.82, 2.24) is 0 Å². The highest BCUT2D eigenvalue weighted by molar-refractivity contribution is 5.38. The van der Waals surface area contributed by atoms with Crippen LogP contribution in [-0.2, 0) is 6.42 Å². The molecule has 2 unspecified atom stereocenters. The van der Waals surface area contributed by atoms with Crippen molar-refractivity contribution >= 4 is 0 Å². The summed E-state index contributed by atoms with van der Waals surface area (Å²) in [6.07, 6.45) is 0.718. The first-order valence-corrected chi connectivity index (χ1v) is 6.41. The quantitative estimate of drug-likeness (QED) is 0.897. The lowest BCUT2D eigenvalue weighted by molar-refractivity contribution is 0.183. The average molecular weight is 257 g/mol. The predicted molar refractivity (Wildman–Crippen MR) is 72.6 cm³/mol. The van der Waals surface area contributed by atoms with Gasteiger partial charge in [-0.1, -0.05) is 24.3 Å². The van der Waals surface area contributed by atoms with E-state index in [1.54, 1.807) is 6.07 Å². The Bertz CT molecular complexity index is 611. The first-order valence-electron chi connectivity index (χ1n) is 6.41. The molecule has 0 aliphatic heterocycles. The van der Waals surface area contributed by atoms with E-state index in [0.29, 0.717) is 5.75 Å². The largest absolute Gasteiger partial charge is 0.488 e. The van der Waals surface area contributed by atoms with Crippen LogP contribution in [0.2, 0.25) is 0 Å². The maximum absolute atomic E-state index is 13.1. The Morgan fingerprint density at radius 3 is 2.74 bits per heavy atom. The average Bonchev–Trinajstić information content (AvgIpc) is 2.70. The summed E-state index contributed by atoms with van der Waals surface area (Å²) in [4.78, 5) is 0. The van der Waals surface area contributed by atoms with E-state index in [1.807, 2.05) is 25.1 Å². The third-order valence-corrected chi connectivity index (χ3v) is 3.65. The summed E-state index contributed by atoms with van der Waals surface area (Å²) in [5.74, 6) is 0.457. The van der Waals surface area contributed by atoms with Gasteiger partial charge in [-0.15, -0.1) is 0 Å². The van der Waals surface area contributed by atoms with Gasteiger partial charge < -0.3 is 10.5 Å². The first-order chi connectivity index (χ1) is 9.15. The minimum absolute atomic E-state index is 0.0819. The Labute approximate surface area is 112 Å². The third kappa shape index (κ3) is 2.22. The fraction of sp³-hybridized carbons (Fsp3) is 0.250. The molecule has 3 rings (SSSR count). The van der Waals surface area contributed by atoms with Crippen molar-refractivity contribution < 1.29 is 9.13 Å². The molecule has 2 aromatic carbocycles. The smallest absolute Gasteiger partial charge is 0.123 e. The number of benzene rings is 2. The molecule has 0 heterocycles. The molecule has 2 N–H and O–H groups in total. The van der Waals surface area contributed by atoms with E-state index in [9.17, 15) is 4.39 Å². The zero-order valence-corrected chi connectivity index (χ0v) is 10.8. The number of ether oxygens (including phenoxy) is 1. The van der Waals surface area contributed by atoms with Crippen LogP contribution in [0.3, 0.4) is 0 Å². The lowest BCUT2D eigenvalue weighted by Crippen LogP contribution is -2.28. The summed E-state index contributed by atoms with van der Waals surface area (Å²) in [7, 11) is 0. The molecule has 0 bridgehead atoms. The van der Waals surface area contributed by atoms with Crippen LogP contribution in [0.4, 0.5) is 4.39 Å². The predicted octanol–water partition coefficient (Wildman–Crippen LogP) is 3.14. The zero-order valence-electron chi connectivity index (χ0n) is 10.8. The van der Waals surface area contributed by atoms with Gasteiger partial charge in [0.05, 0.1) is 6.04 Å². The van der Waals surface area contributed by atoms with Crippen LogP contribution in [0.25, 0.3) is 0 Å². The summed E-state index contributed by atoms with van der Waals surface area (Å²) in [5, 5.41) is 0. The van der Waals surface area contributed by atoms with E-state index in [4.69, 9.17) is 10.5 Å². The number of rotatable bonds is 2. The van der Waals surface area contributed by atoms with Gasteiger partial charge in [-0.3, -0.25) is 0 Å². The molecule has 1 aliphatic carbocycles. The maximum atomic E-state index is 13.1. The maximum Gasteiger partial charge on any atom is 0.123 e. The van der Waals surface area contributed by atoms with Crippen molar-refractivity contribution in [2.75, 3.05) is 0 Å². The van der Waals surface area contributed by atoms with Crippen molar-refractivity contribution in [1.29, 1.82) is 0 Å². The number of halogens is 1. The fourth-order valence-electron chi connectivity index (χ4n) is 2.61. The second-order valence-electron chi connectivity index (χ2n) is 4.99. The van der Waals surface area contributed by atoms with Crippen molar-refractivity contribution in [2.45, 2.75) is 25.5 Å². The summed E-state index contributed by atoms with van der Waals surface area (Å²) < 4.78 is 19.0. The van der Waals surface area contributed by atoms with Gasteiger partial charge in [-0.2, -0.15) is 0 Å². The van der Waals surface area contributed by atoms with Gasteiger partial charge in [0.2, 0.25) is 0 Å². The molecule has 3 heteroatoms. The topological polar surface area (TPSA) is 35.2 Å². The minimum atomic E-state index is -0.246. The van der Waals surface area contributed by atoms with E-state index in [1.165, 1.54) is 17.7 Å². The van der Waals surface area contributed by atoms with Gasteiger partial charge >= 0.3 is 0 Å². The van der Waals surface area contributed by atoms with Crippen molar-refractivity contribution in [2.24, 2.45) is 5.73 Å². The normalized spacial score (nSPS) is 21.2. The molecule has 0 saturated carbocycles. The molecule has 2 atom stereocenters. The Morgan fingerprint density at radius 2 is 2.00 bits per heavy atom. The van der Waals surface area contributed by atoms with Crippen molar-refractivity contribution in [3.8, 4) is 5.75 Å². The van der Waals surface area contributed by atoms with Crippen LogP contribution in [0.15, 0.2) is 42.5 Å². The molecule has 19 heavy (non-hydrogen) atoms. The third-order valence-electron chi connectivity index (χ3n) is 3.65. The molecule has 0 radical (unpaired) electrons. The second-order valence-corrected chi connectivity index (χ2v) is 4.99. The van der Waals surface area contributed by atoms with Gasteiger partial charge in [-0.25, -0.2) is 4.39 Å². The van der Waals surface area contributed by atoms with Gasteiger partial charge in [0.15, 0.2) is 0 Å². The summed E-state index contributed by atoms with van der Waals surface area (Å²) >= 11 is 0. The van der Waals surface area contributed by atoms with Gasteiger partial charge in [0.1, 0.15) is 17.7 Å². The number of aryl methyl sites for hydroxylation is 1. The Kier molecular flexibility index (Phi) is 2.99. The molecule has 0 spiro atoms. The van der Waals surface area contributed by atoms with E-state index in [2.05, 4.69) is 6.07 Å². The molecular weight excluding hydrogens is 241 g/mol. The van der Waals surface area contributed by atoms with E-state index < -0.39 is 0 Å². The molecule has 1 aliphatic rings. The van der Waals surface area contributed by atoms with Crippen LogP contribution in [0.5, 0.6) is 5.75 Å². The number of hydrogen-bond donors (Lipinski definition) is 1. The van der Waals surface area contributed by atoms with Crippen molar-refractivity contribution in [3.05, 3.63) is 65.0 Å². The molecular formula is C16H16FNO. The van der Waals surface area contributed by atoms with Gasteiger partial charge in [0.25, 0.3) is 0 Å². The SMILES string of the molecule is Cc1cc(F)ccc1OC1Cc2ccccc2C1N. The van der Waals surface area contributed by atoms with Crippen LogP contribution in [0, 0.1) is 12.7 Å². The highest BCUT2D eigenvalue weighted by Crippen LogP contribution is 2.33. The molecule has 0 amide bonds. The van der Waals surface area contributed by atoms with E-state index in [-0.39, 0.29) is 18.0 Å². The van der Waals surface area contributed by atoms with Crippen LogP contribution in [-0.4, -0.2) is 6.10 Å². The lowest BCUT2D eigenvalue weighted by atomic mass is 10.1. The summed E-state index contributed by atoms with van der Waals surface area (Å²) in [6.45, 7) is 1.84. The molecule has 0 saturated heterocycles. The lowest BCUT2D eigenvalue weighted by Gasteiger charge is -2.19. The highest BCUT2D eigenvalue weighted by Gasteiger charge is 2.31. The molecule has 98 valence electrons. The van der Waals surface area contributed by atoms with Gasteiger partial charge in [-0.05, 0) is 41.8 Å². The standard InChI is InChI=1S/C16H16FNO/c1-10-8-12(17)6-7-14(10)19-15-9-11-4-2-3-5-13(11)16(15)18/h2-8,15-16H,9,18H2,1H3. The molecule has 2 aromatic rings. The van der Waals surface area contributed by atoms with E-state index in [0.717, 1.165) is 17.5 Å². The van der Waals surface area contributed by atoms with Crippen LogP contribution in [0.1, 0.15) is 22.7 Å². The number of fused-ring (bicyclic) bond motifs is 1. The Balaban J connectivity index is 1.83. The second kappa shape index (κ2) is 4.67. The number of hydrogen-bond acceptors (Lipinski definition) is 2. The zero-order chi connectivity index (χ0) is 13.4. The molecule has 0 fully saturated rings. The summed E-state index contributed by atoms with van der Waals surface area (Å²) in [5.41, 5.74) is 9.40. The fourth-order valence-corrected chi connectivity index (χ4v) is 2.61. The Morgan fingerprint density at radius 1 is 1.21 bits per heavy atom. The van der Waals surface area contributed by atoms with Crippen molar-refractivity contribution in [3.63, 3.8) is 0 Å².